The number of methoxy groups -OCH3 is 1. The summed E-state index contributed by atoms with van der Waals surface area (Å²) in [6.45, 7) is 0.260. The summed E-state index contributed by atoms with van der Waals surface area (Å²) in [6, 6.07) is 19.4. The maximum Gasteiger partial charge on any atom is 0.212 e. The zero-order valence-corrected chi connectivity index (χ0v) is 19.3. The summed E-state index contributed by atoms with van der Waals surface area (Å²) in [7, 11) is 1.58. The van der Waals surface area contributed by atoms with Gasteiger partial charge in [-0.2, -0.15) is 9.78 Å². The van der Waals surface area contributed by atoms with Crippen molar-refractivity contribution in [1.82, 2.24) is 14.9 Å². The first-order chi connectivity index (χ1) is 16.1. The first-order valence-electron chi connectivity index (χ1n) is 9.98. The molecule has 0 saturated heterocycles. The molecule has 0 atom stereocenters. The molecule has 3 aromatic carbocycles. The number of benzene rings is 3. The van der Waals surface area contributed by atoms with Crippen molar-refractivity contribution in [2.45, 2.75) is 17.5 Å². The smallest absolute Gasteiger partial charge is 0.212 e. The lowest BCUT2D eigenvalue weighted by Crippen LogP contribution is -2.02. The van der Waals surface area contributed by atoms with Crippen LogP contribution in [0, 0.1) is 5.82 Å². The highest BCUT2D eigenvalue weighted by Gasteiger charge is 2.11. The van der Waals surface area contributed by atoms with Gasteiger partial charge in [-0.25, -0.2) is 4.39 Å². The minimum Gasteiger partial charge on any atom is -0.493 e. The summed E-state index contributed by atoms with van der Waals surface area (Å²) >= 11 is 7.46. The molecule has 1 aromatic heterocycles. The molecule has 4 rings (SSSR count). The third-order valence-corrected chi connectivity index (χ3v) is 5.88. The van der Waals surface area contributed by atoms with E-state index in [1.54, 1.807) is 36.5 Å². The highest BCUT2D eigenvalue weighted by Crippen LogP contribution is 2.31. The summed E-state index contributed by atoms with van der Waals surface area (Å²) in [5.41, 5.74) is 2.68. The van der Waals surface area contributed by atoms with Crippen LogP contribution >= 0.6 is 23.4 Å². The van der Waals surface area contributed by atoms with Crippen LogP contribution in [0.3, 0.4) is 0 Å². The number of para-hydroxylation sites is 1. The van der Waals surface area contributed by atoms with E-state index in [1.165, 1.54) is 23.9 Å². The van der Waals surface area contributed by atoms with E-state index in [9.17, 15) is 4.39 Å². The summed E-state index contributed by atoms with van der Waals surface area (Å²) in [5.74, 6) is 1.53. The molecule has 0 spiro atoms. The van der Waals surface area contributed by atoms with Crippen LogP contribution in [0.5, 0.6) is 11.5 Å². The third-order valence-electron chi connectivity index (χ3n) is 4.63. The largest absolute Gasteiger partial charge is 0.493 e. The second-order valence-corrected chi connectivity index (χ2v) is 8.29. The fourth-order valence-corrected chi connectivity index (χ4v) is 3.88. The van der Waals surface area contributed by atoms with Gasteiger partial charge in [0.2, 0.25) is 5.16 Å². The molecule has 33 heavy (non-hydrogen) atoms. The van der Waals surface area contributed by atoms with Gasteiger partial charge >= 0.3 is 0 Å². The number of hydrogen-bond donors (Lipinski definition) is 0. The lowest BCUT2D eigenvalue weighted by Gasteiger charge is -2.13. The summed E-state index contributed by atoms with van der Waals surface area (Å²) in [4.78, 5) is 0. The Kier molecular flexibility index (Phi) is 7.59. The van der Waals surface area contributed by atoms with E-state index in [-0.39, 0.29) is 12.4 Å². The maximum absolute atomic E-state index is 13.2. The van der Waals surface area contributed by atoms with Crippen molar-refractivity contribution in [2.75, 3.05) is 7.11 Å². The van der Waals surface area contributed by atoms with E-state index in [1.807, 2.05) is 42.5 Å². The summed E-state index contributed by atoms with van der Waals surface area (Å²) < 4.78 is 26.2. The van der Waals surface area contributed by atoms with E-state index in [0.29, 0.717) is 27.4 Å². The number of nitrogens with zero attached hydrogens (tertiary/aromatic N) is 4. The second kappa shape index (κ2) is 11.0. The van der Waals surface area contributed by atoms with E-state index >= 15 is 0 Å². The molecule has 0 aliphatic rings. The van der Waals surface area contributed by atoms with Gasteiger partial charge in [-0.15, -0.1) is 10.2 Å². The van der Waals surface area contributed by atoms with Crippen LogP contribution < -0.4 is 9.47 Å². The van der Waals surface area contributed by atoms with Crippen molar-refractivity contribution in [3.8, 4) is 11.5 Å². The Morgan fingerprint density at radius 2 is 1.82 bits per heavy atom. The highest BCUT2D eigenvalue weighted by molar-refractivity contribution is 7.98. The van der Waals surface area contributed by atoms with Gasteiger partial charge in [-0.05, 0) is 47.5 Å². The average Bonchev–Trinajstić information content (AvgIpc) is 3.29. The average molecular weight is 483 g/mol. The summed E-state index contributed by atoms with van der Waals surface area (Å²) in [6.07, 6.45) is 3.21. The summed E-state index contributed by atoms with van der Waals surface area (Å²) in [5, 5.41) is 14.0. The number of hydrogen-bond acceptors (Lipinski definition) is 6. The fraction of sp³-hybridized carbons (Fsp3) is 0.125. The Morgan fingerprint density at radius 3 is 2.58 bits per heavy atom. The Labute approximate surface area is 200 Å². The zero-order valence-electron chi connectivity index (χ0n) is 17.7. The van der Waals surface area contributed by atoms with Crippen LogP contribution in [0.25, 0.3) is 0 Å². The molecule has 0 bridgehead atoms. The first kappa shape index (κ1) is 22.8. The van der Waals surface area contributed by atoms with Crippen molar-refractivity contribution in [3.63, 3.8) is 0 Å². The van der Waals surface area contributed by atoms with Crippen LogP contribution in [0.1, 0.15) is 16.7 Å². The standard InChI is InChI=1S/C24H20ClFN4O2S/c1-31-22-4-2-3-19(23(22)32-14-17-7-11-21(26)12-8-17)13-28-30-16-27-29-24(30)33-15-18-5-9-20(25)10-6-18/h2-13,16H,14-15H2,1H3/b28-13+. The number of ether oxygens (including phenoxy) is 2. The minimum absolute atomic E-state index is 0.260. The number of rotatable bonds is 9. The minimum atomic E-state index is -0.289. The molecule has 1 heterocycles. The van der Waals surface area contributed by atoms with Crippen LogP contribution in [0.2, 0.25) is 5.02 Å². The highest BCUT2D eigenvalue weighted by atomic mass is 35.5. The van der Waals surface area contributed by atoms with E-state index < -0.39 is 0 Å². The first-order valence-corrected chi connectivity index (χ1v) is 11.3. The molecule has 6 nitrogen and oxygen atoms in total. The molecule has 0 radical (unpaired) electrons. The van der Waals surface area contributed by atoms with Crippen LogP contribution in [0.4, 0.5) is 4.39 Å². The molecule has 0 aliphatic heterocycles. The van der Waals surface area contributed by atoms with Crippen molar-refractivity contribution in [1.29, 1.82) is 0 Å². The Hall–Kier alpha value is -3.36. The second-order valence-electron chi connectivity index (χ2n) is 6.91. The Morgan fingerprint density at radius 1 is 1.06 bits per heavy atom. The number of aromatic nitrogens is 3. The molecular weight excluding hydrogens is 463 g/mol. The molecule has 4 aromatic rings. The molecule has 0 aliphatic carbocycles. The predicted octanol–water partition coefficient (Wildman–Crippen LogP) is 5.83. The lowest BCUT2D eigenvalue weighted by molar-refractivity contribution is 0.284. The molecule has 0 saturated carbocycles. The van der Waals surface area contributed by atoms with Gasteiger partial charge in [0.25, 0.3) is 0 Å². The Balaban J connectivity index is 1.49. The fourth-order valence-electron chi connectivity index (χ4n) is 2.93. The van der Waals surface area contributed by atoms with E-state index in [2.05, 4.69) is 15.3 Å². The van der Waals surface area contributed by atoms with Gasteiger partial charge in [0.15, 0.2) is 11.5 Å². The van der Waals surface area contributed by atoms with Crippen molar-refractivity contribution in [2.24, 2.45) is 5.10 Å². The van der Waals surface area contributed by atoms with Gasteiger partial charge in [0.05, 0.1) is 13.3 Å². The zero-order chi connectivity index (χ0) is 23.0. The molecule has 0 amide bonds. The molecular formula is C24H20ClFN4O2S. The molecule has 0 fully saturated rings. The maximum atomic E-state index is 13.2. The van der Waals surface area contributed by atoms with Crippen molar-refractivity contribution >= 4 is 29.6 Å². The number of thioether (sulfide) groups is 1. The van der Waals surface area contributed by atoms with Gasteiger partial charge in [-0.3, -0.25) is 0 Å². The predicted molar refractivity (Wildman–Crippen MR) is 128 cm³/mol. The van der Waals surface area contributed by atoms with Crippen molar-refractivity contribution in [3.05, 3.63) is 101 Å². The molecule has 9 heteroatoms. The topological polar surface area (TPSA) is 61.5 Å². The molecule has 0 N–H and O–H groups in total. The molecule has 168 valence electrons. The lowest BCUT2D eigenvalue weighted by atomic mass is 10.2. The monoisotopic (exact) mass is 482 g/mol. The third kappa shape index (κ3) is 6.12. The van der Waals surface area contributed by atoms with Crippen LogP contribution in [0.15, 0.2) is 83.3 Å². The van der Waals surface area contributed by atoms with Gasteiger partial charge in [0, 0.05) is 16.3 Å². The Bertz CT molecular complexity index is 1230. The van der Waals surface area contributed by atoms with E-state index in [0.717, 1.165) is 16.7 Å². The van der Waals surface area contributed by atoms with Gasteiger partial charge in [-0.1, -0.05) is 53.7 Å². The normalized spacial score (nSPS) is 11.1. The molecule has 0 unspecified atom stereocenters. The van der Waals surface area contributed by atoms with Crippen LogP contribution in [-0.4, -0.2) is 28.2 Å². The van der Waals surface area contributed by atoms with Gasteiger partial charge in [0.1, 0.15) is 18.8 Å². The number of halogens is 2. The van der Waals surface area contributed by atoms with Crippen LogP contribution in [-0.2, 0) is 12.4 Å². The SMILES string of the molecule is COc1cccc(/C=N/n2cnnc2SCc2ccc(Cl)cc2)c1OCc1ccc(F)cc1. The van der Waals surface area contributed by atoms with Crippen molar-refractivity contribution < 1.29 is 13.9 Å². The van der Waals surface area contributed by atoms with Gasteiger partial charge < -0.3 is 9.47 Å². The quantitative estimate of drug-likeness (QED) is 0.222. The van der Waals surface area contributed by atoms with E-state index in [4.69, 9.17) is 21.1 Å².